The lowest BCUT2D eigenvalue weighted by atomic mass is 10.1. The lowest BCUT2D eigenvalue weighted by Gasteiger charge is -2.15. The van der Waals surface area contributed by atoms with E-state index in [0.717, 1.165) is 10.0 Å². The number of hydroxylamine groups is 1. The van der Waals surface area contributed by atoms with Crippen molar-refractivity contribution < 1.29 is 9.23 Å². The molecule has 19 heavy (non-hydrogen) atoms. The molecule has 100 valence electrons. The van der Waals surface area contributed by atoms with Gasteiger partial charge in [0, 0.05) is 10.0 Å². The molecular weight excluding hydrogens is 309 g/mol. The third kappa shape index (κ3) is 4.13. The van der Waals surface area contributed by atoms with Gasteiger partial charge in [-0.05, 0) is 30.7 Å². The summed E-state index contributed by atoms with van der Waals surface area (Å²) in [6.07, 6.45) is 0. The zero-order valence-corrected chi connectivity index (χ0v) is 12.2. The Kier molecular flexibility index (Phi) is 5.07. The lowest BCUT2D eigenvalue weighted by Crippen LogP contribution is -2.20. The molecular formula is C15H15BrFNO. The van der Waals surface area contributed by atoms with Gasteiger partial charge in [0.15, 0.2) is 0 Å². The minimum Gasteiger partial charge on any atom is -0.296 e. The van der Waals surface area contributed by atoms with Crippen LogP contribution in [0, 0.1) is 5.82 Å². The summed E-state index contributed by atoms with van der Waals surface area (Å²) < 4.78 is 14.5. The number of rotatable bonds is 5. The summed E-state index contributed by atoms with van der Waals surface area (Å²) in [6, 6.07) is 14.5. The van der Waals surface area contributed by atoms with Gasteiger partial charge in [-0.2, -0.15) is 5.48 Å². The first-order valence-corrected chi connectivity index (χ1v) is 6.82. The van der Waals surface area contributed by atoms with Crippen LogP contribution in [0.1, 0.15) is 24.1 Å². The van der Waals surface area contributed by atoms with Crippen LogP contribution in [0.15, 0.2) is 53.0 Å². The number of halogens is 2. The van der Waals surface area contributed by atoms with Crippen LogP contribution in [-0.2, 0) is 11.4 Å². The maximum Gasteiger partial charge on any atom is 0.128 e. The van der Waals surface area contributed by atoms with E-state index in [9.17, 15) is 4.39 Å². The zero-order valence-electron chi connectivity index (χ0n) is 10.6. The van der Waals surface area contributed by atoms with Crippen LogP contribution in [0.3, 0.4) is 0 Å². The van der Waals surface area contributed by atoms with Crippen molar-refractivity contribution in [3.8, 4) is 0 Å². The molecule has 2 aromatic carbocycles. The van der Waals surface area contributed by atoms with Gasteiger partial charge in [-0.1, -0.05) is 46.3 Å². The molecule has 0 saturated carbocycles. The van der Waals surface area contributed by atoms with E-state index in [1.165, 1.54) is 6.07 Å². The predicted octanol–water partition coefficient (Wildman–Crippen LogP) is 4.37. The van der Waals surface area contributed by atoms with Gasteiger partial charge in [0.25, 0.3) is 0 Å². The molecule has 0 amide bonds. The fourth-order valence-corrected chi connectivity index (χ4v) is 2.11. The van der Waals surface area contributed by atoms with Gasteiger partial charge in [-0.15, -0.1) is 0 Å². The minimum absolute atomic E-state index is 0.221. The summed E-state index contributed by atoms with van der Waals surface area (Å²) in [5, 5.41) is 0. The van der Waals surface area contributed by atoms with Crippen LogP contribution in [0.5, 0.6) is 0 Å². The van der Waals surface area contributed by atoms with E-state index in [4.69, 9.17) is 4.84 Å². The van der Waals surface area contributed by atoms with Crippen molar-refractivity contribution in [2.45, 2.75) is 19.6 Å². The van der Waals surface area contributed by atoms with Crippen LogP contribution in [0.4, 0.5) is 4.39 Å². The molecule has 1 atom stereocenters. The summed E-state index contributed by atoms with van der Waals surface area (Å²) in [5.41, 5.74) is 4.49. The van der Waals surface area contributed by atoms with Crippen molar-refractivity contribution in [1.82, 2.24) is 5.48 Å². The second-order valence-electron chi connectivity index (χ2n) is 4.28. The van der Waals surface area contributed by atoms with Gasteiger partial charge in [0.05, 0.1) is 12.6 Å². The third-order valence-corrected chi connectivity index (χ3v) is 3.26. The molecule has 0 aliphatic heterocycles. The van der Waals surface area contributed by atoms with E-state index in [-0.39, 0.29) is 11.9 Å². The van der Waals surface area contributed by atoms with Gasteiger partial charge in [-0.3, -0.25) is 4.84 Å². The molecule has 0 aliphatic rings. The number of hydrogen-bond donors (Lipinski definition) is 1. The maximum atomic E-state index is 13.7. The molecule has 2 rings (SSSR count). The lowest BCUT2D eigenvalue weighted by molar-refractivity contribution is 0.00627. The van der Waals surface area contributed by atoms with Crippen LogP contribution in [0.2, 0.25) is 0 Å². The van der Waals surface area contributed by atoms with Crippen molar-refractivity contribution in [3.63, 3.8) is 0 Å². The summed E-state index contributed by atoms with van der Waals surface area (Å²) in [6.45, 7) is 2.30. The Bertz CT molecular complexity index is 533. The van der Waals surface area contributed by atoms with Crippen LogP contribution >= 0.6 is 15.9 Å². The van der Waals surface area contributed by atoms with Gasteiger partial charge in [-0.25, -0.2) is 4.39 Å². The highest BCUT2D eigenvalue weighted by atomic mass is 79.9. The average Bonchev–Trinajstić information content (AvgIpc) is 2.42. The molecule has 0 aromatic heterocycles. The van der Waals surface area contributed by atoms with Crippen molar-refractivity contribution in [1.29, 1.82) is 0 Å². The molecule has 0 aliphatic carbocycles. The third-order valence-electron chi connectivity index (χ3n) is 2.77. The van der Waals surface area contributed by atoms with Crippen molar-refractivity contribution in [3.05, 3.63) is 69.9 Å². The Balaban J connectivity index is 1.91. The average molecular weight is 324 g/mol. The van der Waals surface area contributed by atoms with Gasteiger partial charge < -0.3 is 0 Å². The molecule has 1 N–H and O–H groups in total. The van der Waals surface area contributed by atoms with Gasteiger partial charge in [0.1, 0.15) is 5.82 Å². The first-order chi connectivity index (χ1) is 9.16. The Morgan fingerprint density at radius 3 is 2.68 bits per heavy atom. The summed E-state index contributed by atoms with van der Waals surface area (Å²) in [7, 11) is 0. The van der Waals surface area contributed by atoms with E-state index in [1.807, 2.05) is 37.3 Å². The van der Waals surface area contributed by atoms with Gasteiger partial charge in [0.2, 0.25) is 0 Å². The van der Waals surface area contributed by atoms with Crippen molar-refractivity contribution in [2.24, 2.45) is 0 Å². The quantitative estimate of drug-likeness (QED) is 0.825. The van der Waals surface area contributed by atoms with Gasteiger partial charge >= 0.3 is 0 Å². The van der Waals surface area contributed by atoms with Crippen LogP contribution < -0.4 is 5.48 Å². The molecule has 0 bridgehead atoms. The molecule has 2 aromatic rings. The van der Waals surface area contributed by atoms with E-state index < -0.39 is 0 Å². The number of benzene rings is 2. The molecule has 0 saturated heterocycles. The Morgan fingerprint density at radius 1 is 1.21 bits per heavy atom. The van der Waals surface area contributed by atoms with E-state index in [1.54, 1.807) is 12.1 Å². The smallest absolute Gasteiger partial charge is 0.128 e. The Morgan fingerprint density at radius 2 is 1.95 bits per heavy atom. The first kappa shape index (κ1) is 14.2. The zero-order chi connectivity index (χ0) is 13.7. The Labute approximate surface area is 120 Å². The normalized spacial score (nSPS) is 12.4. The van der Waals surface area contributed by atoms with E-state index in [0.29, 0.717) is 12.2 Å². The van der Waals surface area contributed by atoms with Crippen LogP contribution in [0.25, 0.3) is 0 Å². The molecule has 2 nitrogen and oxygen atoms in total. The SMILES string of the molecule is CC(NOCc1ccccc1)c1cc(Br)ccc1F. The number of hydrogen-bond acceptors (Lipinski definition) is 2. The molecule has 1 unspecified atom stereocenters. The number of nitrogens with one attached hydrogen (secondary N) is 1. The predicted molar refractivity (Wildman–Crippen MR) is 76.9 cm³/mol. The fraction of sp³-hybridized carbons (Fsp3) is 0.200. The molecule has 0 fully saturated rings. The summed E-state index contributed by atoms with van der Waals surface area (Å²) >= 11 is 3.33. The maximum absolute atomic E-state index is 13.7. The standard InChI is InChI=1S/C15H15BrFNO/c1-11(14-9-13(16)7-8-15(14)17)18-19-10-12-5-3-2-4-6-12/h2-9,11,18H,10H2,1H3. The summed E-state index contributed by atoms with van der Waals surface area (Å²) in [4.78, 5) is 5.40. The second kappa shape index (κ2) is 6.80. The first-order valence-electron chi connectivity index (χ1n) is 6.03. The van der Waals surface area contributed by atoms with Crippen LogP contribution in [-0.4, -0.2) is 0 Å². The largest absolute Gasteiger partial charge is 0.296 e. The van der Waals surface area contributed by atoms with Crippen molar-refractivity contribution >= 4 is 15.9 Å². The molecule has 0 spiro atoms. The van der Waals surface area contributed by atoms with Crippen molar-refractivity contribution in [2.75, 3.05) is 0 Å². The second-order valence-corrected chi connectivity index (χ2v) is 5.20. The topological polar surface area (TPSA) is 21.3 Å². The molecule has 0 radical (unpaired) electrons. The molecule has 4 heteroatoms. The molecule has 0 heterocycles. The Hall–Kier alpha value is -1.23. The highest BCUT2D eigenvalue weighted by Gasteiger charge is 2.11. The highest BCUT2D eigenvalue weighted by molar-refractivity contribution is 9.10. The fourth-order valence-electron chi connectivity index (χ4n) is 1.73. The summed E-state index contributed by atoms with van der Waals surface area (Å²) in [5.74, 6) is -0.244. The van der Waals surface area contributed by atoms with E-state index in [2.05, 4.69) is 21.4 Å². The highest BCUT2D eigenvalue weighted by Crippen LogP contribution is 2.21. The minimum atomic E-state index is -0.244. The monoisotopic (exact) mass is 323 g/mol. The van der Waals surface area contributed by atoms with E-state index >= 15 is 0 Å².